The molecule has 4 aromatic rings. The fourth-order valence-electron chi connectivity index (χ4n) is 3.82. The maximum absolute atomic E-state index is 12.1. The van der Waals surface area contributed by atoms with Crippen LogP contribution in [0.15, 0.2) is 71.1 Å². The summed E-state index contributed by atoms with van der Waals surface area (Å²) in [5.41, 5.74) is 3.06. The predicted octanol–water partition coefficient (Wildman–Crippen LogP) is 6.51. The van der Waals surface area contributed by atoms with Crippen LogP contribution in [0.25, 0.3) is 21.2 Å². The molecule has 2 heterocycles. The standard InChI is InChI=1S/C29H31NO5S/c1-4-32-25(29(31)33-5-2)19-21-11-13-23(14-12-21)34-18-17-24-20(3)35-28(30-24)27-16-15-26(36-27)22-9-7-6-8-10-22/h6-16,25H,4-5,17-19H2,1-3H3/t25-/m0/s1. The van der Waals surface area contributed by atoms with Crippen molar-refractivity contribution in [1.82, 2.24) is 4.98 Å². The lowest BCUT2D eigenvalue weighted by Crippen LogP contribution is -2.28. The molecule has 0 aliphatic heterocycles. The Bertz CT molecular complexity index is 1250. The molecule has 0 bridgehead atoms. The zero-order valence-corrected chi connectivity index (χ0v) is 21.7. The van der Waals surface area contributed by atoms with Crippen LogP contribution in [0.5, 0.6) is 5.75 Å². The van der Waals surface area contributed by atoms with Crippen LogP contribution in [0.3, 0.4) is 0 Å². The molecule has 0 N–H and O–H groups in total. The number of aromatic nitrogens is 1. The molecule has 6 nitrogen and oxygen atoms in total. The highest BCUT2D eigenvalue weighted by Crippen LogP contribution is 2.34. The summed E-state index contributed by atoms with van der Waals surface area (Å²) in [5, 5.41) is 0. The van der Waals surface area contributed by atoms with E-state index in [1.807, 2.05) is 56.3 Å². The number of thiophene rings is 1. The summed E-state index contributed by atoms with van der Waals surface area (Å²) in [6.45, 7) is 6.86. The van der Waals surface area contributed by atoms with E-state index in [4.69, 9.17) is 23.6 Å². The molecule has 36 heavy (non-hydrogen) atoms. The fraction of sp³-hybridized carbons (Fsp3) is 0.310. The lowest BCUT2D eigenvalue weighted by atomic mass is 10.1. The summed E-state index contributed by atoms with van der Waals surface area (Å²) < 4.78 is 22.5. The van der Waals surface area contributed by atoms with Gasteiger partial charge in [0.25, 0.3) is 0 Å². The third kappa shape index (κ3) is 6.62. The molecule has 0 saturated heterocycles. The molecule has 0 aliphatic rings. The number of nitrogens with zero attached hydrogens (tertiary/aromatic N) is 1. The molecular weight excluding hydrogens is 474 g/mol. The average Bonchev–Trinajstić information content (AvgIpc) is 3.53. The Morgan fingerprint density at radius 1 is 0.972 bits per heavy atom. The zero-order chi connectivity index (χ0) is 25.3. The minimum atomic E-state index is -0.599. The first-order chi connectivity index (χ1) is 17.6. The number of carbonyl (C=O) groups excluding carboxylic acids is 1. The van der Waals surface area contributed by atoms with Crippen LogP contribution < -0.4 is 4.74 Å². The van der Waals surface area contributed by atoms with Gasteiger partial charge in [0.1, 0.15) is 11.5 Å². The molecule has 4 rings (SSSR count). The van der Waals surface area contributed by atoms with E-state index in [9.17, 15) is 4.79 Å². The number of oxazole rings is 1. The molecule has 0 fully saturated rings. The number of carbonyl (C=O) groups is 1. The summed E-state index contributed by atoms with van der Waals surface area (Å²) in [6, 6.07) is 22.1. The van der Waals surface area contributed by atoms with Gasteiger partial charge in [-0.05, 0) is 56.2 Å². The molecule has 2 aromatic heterocycles. The van der Waals surface area contributed by atoms with Crippen molar-refractivity contribution in [3.63, 3.8) is 0 Å². The quantitative estimate of drug-likeness (QED) is 0.204. The maximum Gasteiger partial charge on any atom is 0.335 e. The summed E-state index contributed by atoms with van der Waals surface area (Å²) in [4.78, 5) is 19.0. The first-order valence-corrected chi connectivity index (χ1v) is 13.0. The van der Waals surface area contributed by atoms with Gasteiger partial charge in [0.05, 0.1) is 23.8 Å². The fourth-order valence-corrected chi connectivity index (χ4v) is 4.76. The van der Waals surface area contributed by atoms with Crippen molar-refractivity contribution in [2.24, 2.45) is 0 Å². The van der Waals surface area contributed by atoms with Crippen LogP contribution in [0.1, 0.15) is 30.9 Å². The molecule has 0 aliphatic carbocycles. The van der Waals surface area contributed by atoms with Crippen LogP contribution >= 0.6 is 11.3 Å². The van der Waals surface area contributed by atoms with Crippen LogP contribution in [0.4, 0.5) is 0 Å². The van der Waals surface area contributed by atoms with Crippen LogP contribution in [-0.2, 0) is 27.1 Å². The van der Waals surface area contributed by atoms with Gasteiger partial charge >= 0.3 is 5.97 Å². The van der Waals surface area contributed by atoms with E-state index in [1.54, 1.807) is 18.3 Å². The van der Waals surface area contributed by atoms with Crippen molar-refractivity contribution in [2.75, 3.05) is 19.8 Å². The Labute approximate surface area is 215 Å². The number of benzene rings is 2. The summed E-state index contributed by atoms with van der Waals surface area (Å²) in [6.07, 6.45) is 0.504. The number of hydrogen-bond donors (Lipinski definition) is 0. The van der Waals surface area contributed by atoms with Crippen molar-refractivity contribution in [3.05, 3.63) is 83.7 Å². The number of esters is 1. The second-order valence-electron chi connectivity index (χ2n) is 8.19. The lowest BCUT2D eigenvalue weighted by molar-refractivity contribution is -0.156. The lowest BCUT2D eigenvalue weighted by Gasteiger charge is -2.15. The van der Waals surface area contributed by atoms with Crippen molar-refractivity contribution < 1.29 is 23.4 Å². The van der Waals surface area contributed by atoms with Gasteiger partial charge in [0, 0.05) is 24.3 Å². The topological polar surface area (TPSA) is 70.8 Å². The molecule has 0 radical (unpaired) electrons. The van der Waals surface area contributed by atoms with E-state index >= 15 is 0 Å². The highest BCUT2D eigenvalue weighted by Gasteiger charge is 2.20. The Balaban J connectivity index is 1.31. The normalized spacial score (nSPS) is 11.9. The van der Waals surface area contributed by atoms with Crippen LogP contribution in [-0.4, -0.2) is 36.9 Å². The third-order valence-corrected chi connectivity index (χ3v) is 6.76. The highest BCUT2D eigenvalue weighted by molar-refractivity contribution is 7.18. The van der Waals surface area contributed by atoms with Gasteiger partial charge in [-0.1, -0.05) is 42.5 Å². The van der Waals surface area contributed by atoms with Crippen LogP contribution in [0.2, 0.25) is 0 Å². The molecule has 0 unspecified atom stereocenters. The minimum Gasteiger partial charge on any atom is -0.493 e. The van der Waals surface area contributed by atoms with Crippen molar-refractivity contribution in [2.45, 2.75) is 39.7 Å². The molecule has 1 atom stereocenters. The van der Waals surface area contributed by atoms with Crippen molar-refractivity contribution in [1.29, 1.82) is 0 Å². The van der Waals surface area contributed by atoms with Gasteiger partial charge < -0.3 is 18.6 Å². The van der Waals surface area contributed by atoms with Gasteiger partial charge in [0.2, 0.25) is 5.89 Å². The van der Waals surface area contributed by atoms with E-state index in [0.717, 1.165) is 27.6 Å². The van der Waals surface area contributed by atoms with E-state index in [-0.39, 0.29) is 5.97 Å². The Morgan fingerprint density at radius 3 is 2.44 bits per heavy atom. The number of rotatable bonds is 12. The molecule has 0 amide bonds. The molecule has 0 spiro atoms. The summed E-state index contributed by atoms with van der Waals surface area (Å²) >= 11 is 1.67. The second kappa shape index (κ2) is 12.5. The summed E-state index contributed by atoms with van der Waals surface area (Å²) in [5.74, 6) is 1.87. The Morgan fingerprint density at radius 2 is 1.72 bits per heavy atom. The SMILES string of the molecule is CCOC(=O)[C@H](Cc1ccc(OCCc2nc(-c3ccc(-c4ccccc4)s3)oc2C)cc1)OCC. The third-order valence-electron chi connectivity index (χ3n) is 5.64. The van der Waals surface area contributed by atoms with Gasteiger partial charge in [-0.3, -0.25) is 0 Å². The largest absolute Gasteiger partial charge is 0.493 e. The molecule has 188 valence electrons. The van der Waals surface area contributed by atoms with Crippen molar-refractivity contribution >= 4 is 17.3 Å². The minimum absolute atomic E-state index is 0.333. The van der Waals surface area contributed by atoms with Crippen molar-refractivity contribution in [3.8, 4) is 27.0 Å². The Kier molecular flexibility index (Phi) is 8.92. The average molecular weight is 506 g/mol. The molecule has 0 saturated carbocycles. The number of hydrogen-bond acceptors (Lipinski definition) is 7. The monoisotopic (exact) mass is 505 g/mol. The first kappa shape index (κ1) is 25.7. The predicted molar refractivity (Wildman–Crippen MR) is 141 cm³/mol. The van der Waals surface area contributed by atoms with E-state index in [0.29, 0.717) is 38.6 Å². The van der Waals surface area contributed by atoms with Crippen LogP contribution in [0, 0.1) is 6.92 Å². The van der Waals surface area contributed by atoms with Gasteiger partial charge in [-0.15, -0.1) is 11.3 Å². The smallest absolute Gasteiger partial charge is 0.335 e. The van der Waals surface area contributed by atoms with E-state index in [1.165, 1.54) is 10.4 Å². The maximum atomic E-state index is 12.1. The summed E-state index contributed by atoms with van der Waals surface area (Å²) in [7, 11) is 0. The van der Waals surface area contributed by atoms with Gasteiger partial charge in [-0.25, -0.2) is 9.78 Å². The van der Waals surface area contributed by atoms with E-state index in [2.05, 4.69) is 24.3 Å². The highest BCUT2D eigenvalue weighted by atomic mass is 32.1. The zero-order valence-electron chi connectivity index (χ0n) is 20.9. The number of ether oxygens (including phenoxy) is 3. The molecular formula is C29H31NO5S. The van der Waals surface area contributed by atoms with Gasteiger partial charge in [0.15, 0.2) is 6.10 Å². The first-order valence-electron chi connectivity index (χ1n) is 12.2. The number of aryl methyl sites for hydroxylation is 1. The molecule has 2 aromatic carbocycles. The second-order valence-corrected chi connectivity index (χ2v) is 9.28. The molecule has 7 heteroatoms. The van der Waals surface area contributed by atoms with E-state index < -0.39 is 6.10 Å². The Hall–Kier alpha value is -3.42. The van der Waals surface area contributed by atoms with Gasteiger partial charge in [-0.2, -0.15) is 0 Å².